The Kier molecular flexibility index (Phi) is 4.22. The SMILES string of the molecule is CCC1=C(C)C(=O)C(CC=C(C)C)=C(C)C1=O. The standard InChI is InChI=1S/C15H20O2/c1-6-12-10(4)15(17)13(8-7-9(2)3)11(5)14(12)16/h7H,6,8H2,1-5H3. The van der Waals surface area contributed by atoms with Crippen molar-refractivity contribution < 1.29 is 9.59 Å². The van der Waals surface area contributed by atoms with Gasteiger partial charge in [0.1, 0.15) is 0 Å². The molecule has 0 aromatic heterocycles. The number of hydrogen-bond donors (Lipinski definition) is 0. The summed E-state index contributed by atoms with van der Waals surface area (Å²) >= 11 is 0. The molecule has 0 bridgehead atoms. The van der Waals surface area contributed by atoms with Gasteiger partial charge in [-0.15, -0.1) is 0 Å². The van der Waals surface area contributed by atoms with Crippen LogP contribution in [0.2, 0.25) is 0 Å². The van der Waals surface area contributed by atoms with Gasteiger partial charge >= 0.3 is 0 Å². The fourth-order valence-corrected chi connectivity index (χ4v) is 2.05. The third-order valence-corrected chi connectivity index (χ3v) is 3.20. The average molecular weight is 232 g/mol. The number of Topliss-reactive ketones (excluding diaryl/α,β-unsaturated/α-hetero) is 2. The van der Waals surface area contributed by atoms with Gasteiger partial charge in [0.2, 0.25) is 0 Å². The summed E-state index contributed by atoms with van der Waals surface area (Å²) in [5, 5.41) is 0. The summed E-state index contributed by atoms with van der Waals surface area (Å²) in [7, 11) is 0. The van der Waals surface area contributed by atoms with Crippen molar-refractivity contribution >= 4 is 11.6 Å². The summed E-state index contributed by atoms with van der Waals surface area (Å²) in [4.78, 5) is 24.2. The molecule has 0 radical (unpaired) electrons. The van der Waals surface area contributed by atoms with Crippen LogP contribution in [0.4, 0.5) is 0 Å². The number of hydrogen-bond acceptors (Lipinski definition) is 2. The maximum absolute atomic E-state index is 12.2. The molecule has 0 aromatic rings. The summed E-state index contributed by atoms with van der Waals surface area (Å²) in [6.07, 6.45) is 3.19. The van der Waals surface area contributed by atoms with E-state index in [4.69, 9.17) is 0 Å². The van der Waals surface area contributed by atoms with E-state index < -0.39 is 0 Å². The smallest absolute Gasteiger partial charge is 0.185 e. The zero-order valence-corrected chi connectivity index (χ0v) is 11.3. The largest absolute Gasteiger partial charge is 0.289 e. The van der Waals surface area contributed by atoms with Crippen molar-refractivity contribution in [3.05, 3.63) is 33.9 Å². The van der Waals surface area contributed by atoms with Crippen LogP contribution in [0.15, 0.2) is 33.9 Å². The lowest BCUT2D eigenvalue weighted by molar-refractivity contribution is -0.116. The average Bonchev–Trinajstić information content (AvgIpc) is 2.27. The lowest BCUT2D eigenvalue weighted by atomic mass is 9.83. The van der Waals surface area contributed by atoms with E-state index in [9.17, 15) is 9.59 Å². The van der Waals surface area contributed by atoms with Gasteiger partial charge in [0.25, 0.3) is 0 Å². The van der Waals surface area contributed by atoms with Crippen molar-refractivity contribution in [1.29, 1.82) is 0 Å². The molecule has 0 atom stereocenters. The molecule has 1 aliphatic carbocycles. The molecule has 0 fully saturated rings. The van der Waals surface area contributed by atoms with E-state index in [1.807, 2.05) is 26.8 Å². The monoisotopic (exact) mass is 232 g/mol. The molecule has 1 rings (SSSR count). The fourth-order valence-electron chi connectivity index (χ4n) is 2.05. The number of carbonyl (C=O) groups is 2. The molecular formula is C15H20O2. The minimum Gasteiger partial charge on any atom is -0.289 e. The van der Waals surface area contributed by atoms with Crippen LogP contribution < -0.4 is 0 Å². The van der Waals surface area contributed by atoms with Crippen molar-refractivity contribution in [3.63, 3.8) is 0 Å². The van der Waals surface area contributed by atoms with Crippen LogP contribution in [0.25, 0.3) is 0 Å². The van der Waals surface area contributed by atoms with E-state index in [2.05, 4.69) is 0 Å². The molecule has 0 heterocycles. The highest BCUT2D eigenvalue weighted by Gasteiger charge is 2.28. The second kappa shape index (κ2) is 5.26. The first-order valence-electron chi connectivity index (χ1n) is 6.02. The number of allylic oxidation sites excluding steroid dienone is 6. The zero-order valence-electron chi connectivity index (χ0n) is 11.3. The van der Waals surface area contributed by atoms with Gasteiger partial charge in [-0.05, 0) is 40.5 Å². The van der Waals surface area contributed by atoms with Crippen LogP contribution in [0.1, 0.15) is 47.5 Å². The molecule has 0 unspecified atom stereocenters. The van der Waals surface area contributed by atoms with Gasteiger partial charge in [-0.25, -0.2) is 0 Å². The van der Waals surface area contributed by atoms with Gasteiger partial charge in [0, 0.05) is 22.3 Å². The molecule has 17 heavy (non-hydrogen) atoms. The predicted octanol–water partition coefficient (Wildman–Crippen LogP) is 3.54. The summed E-state index contributed by atoms with van der Waals surface area (Å²) in [6, 6.07) is 0. The van der Waals surface area contributed by atoms with E-state index in [1.54, 1.807) is 13.8 Å². The molecule has 0 aliphatic heterocycles. The van der Waals surface area contributed by atoms with Crippen LogP contribution in [0.5, 0.6) is 0 Å². The second-order valence-electron chi connectivity index (χ2n) is 4.70. The van der Waals surface area contributed by atoms with Crippen LogP contribution in [0.3, 0.4) is 0 Å². The Morgan fingerprint density at radius 1 is 1.00 bits per heavy atom. The third kappa shape index (κ3) is 2.63. The molecule has 0 saturated heterocycles. The molecule has 92 valence electrons. The first-order valence-corrected chi connectivity index (χ1v) is 6.02. The fraction of sp³-hybridized carbons (Fsp3) is 0.467. The Balaban J connectivity index is 3.17. The molecule has 0 N–H and O–H groups in total. The molecule has 0 spiro atoms. The summed E-state index contributed by atoms with van der Waals surface area (Å²) in [6.45, 7) is 9.42. The molecule has 2 heteroatoms. The summed E-state index contributed by atoms with van der Waals surface area (Å²) in [5.74, 6) is 0.0817. The topological polar surface area (TPSA) is 34.1 Å². The Hall–Kier alpha value is -1.44. The van der Waals surface area contributed by atoms with Gasteiger partial charge in [0.05, 0.1) is 0 Å². The van der Waals surface area contributed by atoms with E-state index >= 15 is 0 Å². The number of rotatable bonds is 3. The molecule has 0 saturated carbocycles. The maximum Gasteiger partial charge on any atom is 0.185 e. The maximum atomic E-state index is 12.2. The van der Waals surface area contributed by atoms with Gasteiger partial charge in [-0.3, -0.25) is 9.59 Å². The van der Waals surface area contributed by atoms with Crippen molar-refractivity contribution in [2.45, 2.75) is 47.5 Å². The second-order valence-corrected chi connectivity index (χ2v) is 4.70. The number of ketones is 2. The van der Waals surface area contributed by atoms with Gasteiger partial charge in [-0.1, -0.05) is 18.6 Å². The predicted molar refractivity (Wildman–Crippen MR) is 69.8 cm³/mol. The van der Waals surface area contributed by atoms with Crippen molar-refractivity contribution in [3.8, 4) is 0 Å². The van der Waals surface area contributed by atoms with Crippen LogP contribution in [-0.2, 0) is 9.59 Å². The summed E-state index contributed by atoms with van der Waals surface area (Å²) in [5.41, 5.74) is 3.74. The lowest BCUT2D eigenvalue weighted by Crippen LogP contribution is -2.21. The van der Waals surface area contributed by atoms with E-state index in [0.717, 1.165) is 5.57 Å². The zero-order chi connectivity index (χ0) is 13.2. The van der Waals surface area contributed by atoms with Gasteiger partial charge < -0.3 is 0 Å². The molecule has 0 amide bonds. The van der Waals surface area contributed by atoms with Crippen LogP contribution >= 0.6 is 0 Å². The van der Waals surface area contributed by atoms with E-state index in [1.165, 1.54) is 0 Å². The first kappa shape index (κ1) is 13.6. The van der Waals surface area contributed by atoms with Crippen LogP contribution in [-0.4, -0.2) is 11.6 Å². The molecule has 2 nitrogen and oxygen atoms in total. The lowest BCUT2D eigenvalue weighted by Gasteiger charge is -2.19. The van der Waals surface area contributed by atoms with Gasteiger partial charge in [0.15, 0.2) is 11.6 Å². The molecule has 1 aliphatic rings. The normalized spacial score (nSPS) is 16.8. The third-order valence-electron chi connectivity index (χ3n) is 3.20. The number of carbonyl (C=O) groups excluding carboxylic acids is 2. The first-order chi connectivity index (χ1) is 7.90. The Morgan fingerprint density at radius 2 is 1.47 bits per heavy atom. The van der Waals surface area contributed by atoms with Crippen molar-refractivity contribution in [1.82, 2.24) is 0 Å². The van der Waals surface area contributed by atoms with Crippen LogP contribution in [0, 0.1) is 0 Å². The summed E-state index contributed by atoms with van der Waals surface area (Å²) < 4.78 is 0. The molecular weight excluding hydrogens is 212 g/mol. The minimum atomic E-state index is 0.0384. The highest BCUT2D eigenvalue weighted by molar-refractivity contribution is 6.24. The van der Waals surface area contributed by atoms with E-state index in [-0.39, 0.29) is 11.6 Å². The quantitative estimate of drug-likeness (QED) is 0.551. The Bertz CT molecular complexity index is 455. The molecule has 0 aromatic carbocycles. The minimum absolute atomic E-state index is 0.0384. The van der Waals surface area contributed by atoms with Crippen molar-refractivity contribution in [2.24, 2.45) is 0 Å². The Labute approximate surface area is 103 Å². The highest BCUT2D eigenvalue weighted by atomic mass is 16.1. The van der Waals surface area contributed by atoms with Crippen molar-refractivity contribution in [2.75, 3.05) is 0 Å². The Morgan fingerprint density at radius 3 is 1.94 bits per heavy atom. The highest BCUT2D eigenvalue weighted by Crippen LogP contribution is 2.28. The van der Waals surface area contributed by atoms with Gasteiger partial charge in [-0.2, -0.15) is 0 Å². The van der Waals surface area contributed by atoms with E-state index in [0.29, 0.717) is 35.1 Å².